The van der Waals surface area contributed by atoms with E-state index in [0.717, 1.165) is 0 Å². The predicted octanol–water partition coefficient (Wildman–Crippen LogP) is 3.03. The molecule has 190 valence electrons. The van der Waals surface area contributed by atoms with Crippen LogP contribution in [0.25, 0.3) is 0 Å². The van der Waals surface area contributed by atoms with Crippen molar-refractivity contribution in [2.45, 2.75) is 10.8 Å². The maximum absolute atomic E-state index is 8.99. The molecule has 6 nitrogen and oxygen atoms in total. The largest absolute Gasteiger partial charge is 0.394 e. The van der Waals surface area contributed by atoms with Crippen molar-refractivity contribution in [1.82, 2.24) is 0 Å². The zero-order valence-corrected chi connectivity index (χ0v) is 20.5. The zero-order valence-electron chi connectivity index (χ0n) is 20.5. The molecule has 0 atom stereocenters. The number of ether oxygens (including phenoxy) is 4. The molecular formula is C30H34O6. The third kappa shape index (κ3) is 4.08. The fraction of sp³-hybridized carbons (Fsp3) is 0.400. The van der Waals surface area contributed by atoms with Gasteiger partial charge in [0, 0.05) is 0 Å². The first kappa shape index (κ1) is 25.1. The maximum atomic E-state index is 8.99. The summed E-state index contributed by atoms with van der Waals surface area (Å²) in [6.07, 6.45) is 0. The van der Waals surface area contributed by atoms with E-state index < -0.39 is 10.8 Å². The van der Waals surface area contributed by atoms with E-state index in [4.69, 9.17) is 29.2 Å². The minimum Gasteiger partial charge on any atom is -0.394 e. The van der Waals surface area contributed by atoms with Gasteiger partial charge in [-0.25, -0.2) is 0 Å². The quantitative estimate of drug-likeness (QED) is 0.338. The van der Waals surface area contributed by atoms with Crippen LogP contribution in [0.2, 0.25) is 0 Å². The van der Waals surface area contributed by atoms with E-state index in [1.54, 1.807) is 0 Å². The van der Waals surface area contributed by atoms with E-state index in [1.807, 2.05) is 0 Å². The number of aliphatic hydroxyl groups excluding tert-OH is 2. The summed E-state index contributed by atoms with van der Waals surface area (Å²) >= 11 is 0. The van der Waals surface area contributed by atoms with Crippen LogP contribution in [0.3, 0.4) is 0 Å². The molecule has 0 radical (unpaired) electrons. The smallest absolute Gasteiger partial charge is 0.0701 e. The molecule has 3 aromatic rings. The number of hydrogen-bond donors (Lipinski definition) is 2. The molecule has 2 N–H and O–H groups in total. The van der Waals surface area contributed by atoms with Crippen LogP contribution in [0.15, 0.2) is 72.8 Å². The van der Waals surface area contributed by atoms with Crippen molar-refractivity contribution in [3.05, 3.63) is 106 Å². The summed E-state index contributed by atoms with van der Waals surface area (Å²) in [4.78, 5) is 0. The summed E-state index contributed by atoms with van der Waals surface area (Å²) in [6, 6.07) is 26.0. The second kappa shape index (κ2) is 11.2. The monoisotopic (exact) mass is 490 g/mol. The first-order valence-corrected chi connectivity index (χ1v) is 12.6. The van der Waals surface area contributed by atoms with Crippen LogP contribution in [0.4, 0.5) is 0 Å². The summed E-state index contributed by atoms with van der Waals surface area (Å²) in [6.45, 7) is 3.43. The fourth-order valence-electron chi connectivity index (χ4n) is 6.04. The van der Waals surface area contributed by atoms with Crippen LogP contribution < -0.4 is 0 Å². The van der Waals surface area contributed by atoms with Gasteiger partial charge in [0.25, 0.3) is 0 Å². The Balaban J connectivity index is 1.57. The van der Waals surface area contributed by atoms with Gasteiger partial charge in [-0.05, 0) is 33.4 Å². The van der Waals surface area contributed by atoms with Gasteiger partial charge in [0.2, 0.25) is 0 Å². The molecular weight excluding hydrogens is 456 g/mol. The summed E-state index contributed by atoms with van der Waals surface area (Å²) in [7, 11) is 0. The maximum Gasteiger partial charge on any atom is 0.0701 e. The van der Waals surface area contributed by atoms with Gasteiger partial charge in [0.05, 0.1) is 76.9 Å². The average molecular weight is 491 g/mol. The van der Waals surface area contributed by atoms with Gasteiger partial charge in [-0.1, -0.05) is 72.8 Å². The molecule has 3 aliphatic carbocycles. The van der Waals surface area contributed by atoms with E-state index in [0.29, 0.717) is 52.9 Å². The second-order valence-electron chi connectivity index (χ2n) is 9.22. The third-order valence-corrected chi connectivity index (χ3v) is 7.39. The van der Waals surface area contributed by atoms with Gasteiger partial charge < -0.3 is 29.2 Å². The normalized spacial score (nSPS) is 21.2. The van der Waals surface area contributed by atoms with Gasteiger partial charge in [-0.15, -0.1) is 0 Å². The SMILES string of the molecule is OCCOCCOCC12c3ccccc3C(COCCOCCO)(c3ccccc31)c1ccccc12. The van der Waals surface area contributed by atoms with Crippen LogP contribution in [0.1, 0.15) is 33.4 Å². The van der Waals surface area contributed by atoms with E-state index in [1.165, 1.54) is 33.4 Å². The standard InChI is InChI=1S/C30H34O6/c31-13-15-33-17-19-35-21-29-23-7-1-2-8-24(23)30(22-36-20-18-34-16-14-32,27-11-5-3-9-25(27)29)28-12-6-4-10-26(28)29/h1-12,31-32H,13-22H2. The van der Waals surface area contributed by atoms with E-state index in [9.17, 15) is 0 Å². The lowest BCUT2D eigenvalue weighted by Gasteiger charge is -2.56. The van der Waals surface area contributed by atoms with Crippen molar-refractivity contribution < 1.29 is 29.2 Å². The lowest BCUT2D eigenvalue weighted by molar-refractivity contribution is 0.0169. The van der Waals surface area contributed by atoms with Crippen LogP contribution in [0, 0.1) is 0 Å². The van der Waals surface area contributed by atoms with Gasteiger partial charge in [-0.3, -0.25) is 0 Å². The molecule has 3 aliphatic rings. The van der Waals surface area contributed by atoms with Gasteiger partial charge in [0.15, 0.2) is 0 Å². The van der Waals surface area contributed by atoms with Crippen LogP contribution >= 0.6 is 0 Å². The highest BCUT2D eigenvalue weighted by Crippen LogP contribution is 2.61. The highest BCUT2D eigenvalue weighted by Gasteiger charge is 2.58. The van der Waals surface area contributed by atoms with E-state index >= 15 is 0 Å². The Morgan fingerprint density at radius 2 is 0.694 bits per heavy atom. The van der Waals surface area contributed by atoms with Crippen molar-refractivity contribution in [2.24, 2.45) is 0 Å². The Labute approximate surface area is 212 Å². The minimum atomic E-state index is -0.438. The lowest BCUT2D eigenvalue weighted by atomic mass is 9.47. The zero-order chi connectivity index (χ0) is 24.8. The van der Waals surface area contributed by atoms with E-state index in [-0.39, 0.29) is 13.2 Å². The molecule has 0 aromatic heterocycles. The first-order chi connectivity index (χ1) is 17.8. The third-order valence-electron chi connectivity index (χ3n) is 7.39. The molecule has 6 heteroatoms. The van der Waals surface area contributed by atoms with Gasteiger partial charge in [0.1, 0.15) is 0 Å². The number of benzene rings is 3. The molecule has 0 saturated carbocycles. The highest BCUT2D eigenvalue weighted by molar-refractivity contribution is 5.75. The summed E-state index contributed by atoms with van der Waals surface area (Å²) in [5.41, 5.74) is 6.62. The molecule has 36 heavy (non-hydrogen) atoms. The molecule has 0 unspecified atom stereocenters. The molecule has 3 aromatic carbocycles. The predicted molar refractivity (Wildman–Crippen MR) is 137 cm³/mol. The summed E-state index contributed by atoms with van der Waals surface area (Å²) in [5.74, 6) is 0. The Hall–Kier alpha value is -2.58. The van der Waals surface area contributed by atoms with Gasteiger partial charge >= 0.3 is 0 Å². The Bertz CT molecular complexity index is 952. The molecule has 0 saturated heterocycles. The summed E-state index contributed by atoms with van der Waals surface area (Å²) in [5, 5.41) is 18.0. The lowest BCUT2D eigenvalue weighted by Crippen LogP contribution is -2.54. The Morgan fingerprint density at radius 3 is 0.972 bits per heavy atom. The molecule has 2 bridgehead atoms. The van der Waals surface area contributed by atoms with E-state index in [2.05, 4.69) is 72.8 Å². The Kier molecular flexibility index (Phi) is 7.82. The van der Waals surface area contributed by atoms with Gasteiger partial charge in [-0.2, -0.15) is 0 Å². The Morgan fingerprint density at radius 1 is 0.417 bits per heavy atom. The number of aliphatic hydroxyl groups is 2. The molecule has 0 aliphatic heterocycles. The molecule has 0 heterocycles. The fourth-order valence-corrected chi connectivity index (χ4v) is 6.04. The molecule has 0 spiro atoms. The number of hydrogen-bond acceptors (Lipinski definition) is 6. The van der Waals surface area contributed by atoms with Crippen molar-refractivity contribution in [2.75, 3.05) is 66.1 Å². The van der Waals surface area contributed by atoms with Crippen LogP contribution in [-0.4, -0.2) is 76.3 Å². The number of rotatable bonds is 14. The minimum absolute atomic E-state index is 0.00970. The van der Waals surface area contributed by atoms with Crippen LogP contribution in [0.5, 0.6) is 0 Å². The second-order valence-corrected chi connectivity index (χ2v) is 9.22. The van der Waals surface area contributed by atoms with Crippen molar-refractivity contribution in [1.29, 1.82) is 0 Å². The first-order valence-electron chi connectivity index (χ1n) is 12.6. The van der Waals surface area contributed by atoms with Crippen molar-refractivity contribution in [3.63, 3.8) is 0 Å². The topological polar surface area (TPSA) is 77.4 Å². The van der Waals surface area contributed by atoms with Crippen LogP contribution in [-0.2, 0) is 29.8 Å². The average Bonchev–Trinajstić information content (AvgIpc) is 2.93. The molecule has 0 fully saturated rings. The van der Waals surface area contributed by atoms with Crippen molar-refractivity contribution >= 4 is 0 Å². The molecule has 6 rings (SSSR count). The molecule has 0 amide bonds. The summed E-state index contributed by atoms with van der Waals surface area (Å²) < 4.78 is 23.5. The van der Waals surface area contributed by atoms with Crippen molar-refractivity contribution in [3.8, 4) is 0 Å². The highest BCUT2D eigenvalue weighted by atomic mass is 16.5.